The second-order valence-corrected chi connectivity index (χ2v) is 2.70. The molecule has 0 radical (unpaired) electrons. The molecule has 1 aliphatic heterocycles. The molecule has 0 spiro atoms. The third-order valence-corrected chi connectivity index (χ3v) is 1.95. The van der Waals surface area contributed by atoms with Crippen molar-refractivity contribution in [3.63, 3.8) is 0 Å². The first kappa shape index (κ1) is 6.00. The second-order valence-electron chi connectivity index (χ2n) is 1.83. The summed E-state index contributed by atoms with van der Waals surface area (Å²) in [6.07, 6.45) is 0. The largest absolute Gasteiger partial charge is 0.479 e. The van der Waals surface area contributed by atoms with Gasteiger partial charge in [-0.15, -0.1) is 11.3 Å². The van der Waals surface area contributed by atoms with E-state index in [1.165, 1.54) is 11.3 Å². The average molecular weight is 158 g/mol. The van der Waals surface area contributed by atoms with E-state index in [4.69, 9.17) is 14.5 Å². The van der Waals surface area contributed by atoms with Crippen molar-refractivity contribution in [1.82, 2.24) is 0 Å². The van der Waals surface area contributed by atoms with Gasteiger partial charge in [0.2, 0.25) is 10.8 Å². The summed E-state index contributed by atoms with van der Waals surface area (Å²) in [6.45, 7) is 1.05. The number of hydrogen-bond acceptors (Lipinski definition) is 4. The predicted octanol–water partition coefficient (Wildman–Crippen LogP) is 1.45. The van der Waals surface area contributed by atoms with Crippen molar-refractivity contribution in [2.24, 2.45) is 0 Å². The fraction of sp³-hybridized carbons (Fsp3) is 0.333. The number of thiophene rings is 1. The molecular formula is C6H6O3S. The maximum absolute atomic E-state index is 5.26. The van der Waals surface area contributed by atoms with Gasteiger partial charge in [0.15, 0.2) is 0 Å². The molecule has 4 heteroatoms. The molecule has 0 saturated carbocycles. The van der Waals surface area contributed by atoms with E-state index in [9.17, 15) is 0 Å². The van der Waals surface area contributed by atoms with E-state index >= 15 is 0 Å². The quantitative estimate of drug-likeness (QED) is 0.535. The second kappa shape index (κ2) is 2.48. The molecule has 2 heterocycles. The van der Waals surface area contributed by atoms with Crippen molar-refractivity contribution in [3.05, 3.63) is 11.4 Å². The van der Waals surface area contributed by atoms with Crippen molar-refractivity contribution in [2.45, 2.75) is 0 Å². The Bertz CT molecular complexity index is 200. The number of hydrogen-bond donors (Lipinski definition) is 0. The molecule has 0 aromatic carbocycles. The van der Waals surface area contributed by atoms with Gasteiger partial charge in [0.25, 0.3) is 0 Å². The zero-order valence-corrected chi connectivity index (χ0v) is 6.02. The van der Waals surface area contributed by atoms with Gasteiger partial charge in [-0.2, -0.15) is 4.89 Å². The van der Waals surface area contributed by atoms with Gasteiger partial charge >= 0.3 is 0 Å². The molecule has 10 heavy (non-hydrogen) atoms. The summed E-state index contributed by atoms with van der Waals surface area (Å²) in [5.74, 6) is 0.683. The van der Waals surface area contributed by atoms with Crippen molar-refractivity contribution >= 4 is 11.3 Å². The summed E-state index contributed by atoms with van der Waals surface area (Å²) in [5.41, 5.74) is 0. The summed E-state index contributed by atoms with van der Waals surface area (Å²) in [5, 5.41) is 2.71. The molecule has 1 aromatic heterocycles. The first-order valence-corrected chi connectivity index (χ1v) is 3.84. The highest BCUT2D eigenvalue weighted by molar-refractivity contribution is 7.12. The molecule has 0 N–H and O–H groups in total. The smallest absolute Gasteiger partial charge is 0.221 e. The van der Waals surface area contributed by atoms with E-state index in [1.54, 1.807) is 0 Å². The predicted molar refractivity (Wildman–Crippen MR) is 36.4 cm³/mol. The highest BCUT2D eigenvalue weighted by Gasteiger charge is 2.11. The van der Waals surface area contributed by atoms with Crippen LogP contribution in [0.1, 0.15) is 0 Å². The van der Waals surface area contributed by atoms with Crippen molar-refractivity contribution < 1.29 is 14.5 Å². The monoisotopic (exact) mass is 158 g/mol. The lowest BCUT2D eigenvalue weighted by atomic mass is 10.6. The third kappa shape index (κ3) is 0.955. The standard InChI is InChI=1S/C6H6O3S/c1-4-10-6-5(1)9-8-3-2-7-6/h1,4H,2-3H2. The number of fused-ring (bicyclic) bond motifs is 1. The minimum absolute atomic E-state index is 0.488. The lowest BCUT2D eigenvalue weighted by Gasteiger charge is -1.94. The van der Waals surface area contributed by atoms with Crippen LogP contribution in [-0.2, 0) is 4.89 Å². The Hall–Kier alpha value is -0.740. The molecule has 0 amide bonds. The highest BCUT2D eigenvalue weighted by Crippen LogP contribution is 2.34. The lowest BCUT2D eigenvalue weighted by Crippen LogP contribution is -2.02. The molecule has 0 saturated heterocycles. The van der Waals surface area contributed by atoms with E-state index in [0.29, 0.717) is 19.0 Å². The fourth-order valence-electron chi connectivity index (χ4n) is 0.724. The summed E-state index contributed by atoms with van der Waals surface area (Å²) in [7, 11) is 0. The Kier molecular flexibility index (Phi) is 1.49. The number of rotatable bonds is 0. The molecule has 1 aliphatic rings. The maximum atomic E-state index is 5.26. The summed E-state index contributed by atoms with van der Waals surface area (Å²) >= 11 is 1.51. The molecule has 0 aliphatic carbocycles. The fourth-order valence-corrected chi connectivity index (χ4v) is 1.41. The Labute approximate surface area is 62.1 Å². The van der Waals surface area contributed by atoms with Crippen molar-refractivity contribution in [1.29, 1.82) is 0 Å². The van der Waals surface area contributed by atoms with Crippen LogP contribution in [0.5, 0.6) is 10.8 Å². The van der Waals surface area contributed by atoms with Crippen LogP contribution in [0.25, 0.3) is 0 Å². The number of ether oxygens (including phenoxy) is 1. The van der Waals surface area contributed by atoms with Gasteiger partial charge in [-0.05, 0) is 11.4 Å². The van der Waals surface area contributed by atoms with E-state index in [2.05, 4.69) is 0 Å². The molecule has 0 fully saturated rings. The molecule has 1 aromatic rings. The van der Waals surface area contributed by atoms with E-state index in [1.807, 2.05) is 11.4 Å². The van der Waals surface area contributed by atoms with Gasteiger partial charge < -0.3 is 9.62 Å². The third-order valence-electron chi connectivity index (χ3n) is 1.14. The van der Waals surface area contributed by atoms with Crippen LogP contribution in [0.15, 0.2) is 11.4 Å². The Morgan fingerprint density at radius 1 is 1.40 bits per heavy atom. The van der Waals surface area contributed by atoms with Crippen LogP contribution in [0, 0.1) is 0 Å². The summed E-state index contributed by atoms with van der Waals surface area (Å²) in [4.78, 5) is 9.63. The van der Waals surface area contributed by atoms with Crippen LogP contribution in [0.4, 0.5) is 0 Å². The van der Waals surface area contributed by atoms with E-state index in [-0.39, 0.29) is 0 Å². The van der Waals surface area contributed by atoms with Crippen LogP contribution >= 0.6 is 11.3 Å². The molecule has 0 unspecified atom stereocenters. The van der Waals surface area contributed by atoms with Crippen molar-refractivity contribution in [2.75, 3.05) is 13.2 Å². The topological polar surface area (TPSA) is 27.7 Å². The summed E-state index contributed by atoms with van der Waals surface area (Å²) in [6, 6.07) is 1.82. The van der Waals surface area contributed by atoms with Gasteiger partial charge in [-0.1, -0.05) is 0 Å². The minimum Gasteiger partial charge on any atom is -0.479 e. The zero-order valence-electron chi connectivity index (χ0n) is 5.20. The van der Waals surface area contributed by atoms with Crippen LogP contribution in [0.2, 0.25) is 0 Å². The average Bonchev–Trinajstić information content (AvgIpc) is 2.28. The van der Waals surface area contributed by atoms with Gasteiger partial charge in [0, 0.05) is 0 Å². The maximum Gasteiger partial charge on any atom is 0.221 e. The Balaban J connectivity index is 2.28. The minimum atomic E-state index is 0.488. The zero-order chi connectivity index (χ0) is 6.81. The van der Waals surface area contributed by atoms with E-state index < -0.39 is 0 Å². The van der Waals surface area contributed by atoms with Crippen LogP contribution in [0.3, 0.4) is 0 Å². The van der Waals surface area contributed by atoms with Crippen LogP contribution < -0.4 is 9.62 Å². The molecular weight excluding hydrogens is 152 g/mol. The van der Waals surface area contributed by atoms with Crippen molar-refractivity contribution in [3.8, 4) is 10.8 Å². The highest BCUT2D eigenvalue weighted by atomic mass is 32.1. The van der Waals surface area contributed by atoms with E-state index in [0.717, 1.165) is 5.06 Å². The normalized spacial score (nSPS) is 16.4. The molecule has 54 valence electrons. The first-order chi connectivity index (χ1) is 4.97. The summed E-state index contributed by atoms with van der Waals surface area (Å²) < 4.78 is 5.26. The van der Waals surface area contributed by atoms with Gasteiger partial charge in [0.05, 0.1) is 0 Å². The molecule has 2 rings (SSSR count). The van der Waals surface area contributed by atoms with Gasteiger partial charge in [-0.3, -0.25) is 0 Å². The van der Waals surface area contributed by atoms with Gasteiger partial charge in [0.1, 0.15) is 13.2 Å². The molecule has 0 bridgehead atoms. The molecule has 0 atom stereocenters. The Morgan fingerprint density at radius 3 is 3.40 bits per heavy atom. The molecule has 3 nitrogen and oxygen atoms in total. The Morgan fingerprint density at radius 2 is 2.40 bits per heavy atom. The lowest BCUT2D eigenvalue weighted by molar-refractivity contribution is -0.203. The first-order valence-electron chi connectivity index (χ1n) is 2.96. The van der Waals surface area contributed by atoms with Gasteiger partial charge in [-0.25, -0.2) is 0 Å². The van der Waals surface area contributed by atoms with Crippen LogP contribution in [-0.4, -0.2) is 13.2 Å². The SMILES string of the molecule is c1cc2c(s1)OCCOO2.